The molecule has 1 aliphatic rings. The molecule has 0 aliphatic carbocycles. The summed E-state index contributed by atoms with van der Waals surface area (Å²) in [7, 11) is 0. The smallest absolute Gasteiger partial charge is 0.228 e. The number of aromatic nitrogens is 1. The van der Waals surface area contributed by atoms with Crippen molar-refractivity contribution < 1.29 is 4.79 Å². The highest BCUT2D eigenvalue weighted by molar-refractivity contribution is 9.09. The molecule has 1 atom stereocenters. The van der Waals surface area contributed by atoms with Crippen LogP contribution in [0.1, 0.15) is 6.42 Å². The third-order valence-electron chi connectivity index (χ3n) is 2.18. The van der Waals surface area contributed by atoms with Gasteiger partial charge in [0, 0.05) is 24.0 Å². The van der Waals surface area contributed by atoms with Crippen molar-refractivity contribution in [2.24, 2.45) is 0 Å². The summed E-state index contributed by atoms with van der Waals surface area (Å²) in [6.45, 7) is 0.573. The van der Waals surface area contributed by atoms with Crippen molar-refractivity contribution in [1.29, 1.82) is 0 Å². The van der Waals surface area contributed by atoms with Crippen LogP contribution < -0.4 is 4.90 Å². The number of carbonyl (C=O) groups is 1. The number of rotatable bonds is 1. The van der Waals surface area contributed by atoms with Crippen molar-refractivity contribution in [2.75, 3.05) is 11.4 Å². The molecule has 1 amide bonds. The van der Waals surface area contributed by atoms with E-state index in [0.717, 1.165) is 0 Å². The molecule has 1 saturated heterocycles. The fourth-order valence-corrected chi connectivity index (χ4v) is 2.65. The zero-order valence-corrected chi connectivity index (χ0v) is 10.7. The standard InChI is InChI=1S/C9H7BrCl2N2O/c10-5-3-7(15)14(4-5)8-6(11)1-2-13-9(8)12/h1-2,5H,3-4H2. The second kappa shape index (κ2) is 4.28. The van der Waals surface area contributed by atoms with Crippen LogP contribution in [0.4, 0.5) is 5.69 Å². The van der Waals surface area contributed by atoms with Crippen LogP contribution in [0.25, 0.3) is 0 Å². The molecular formula is C9H7BrCl2N2O. The van der Waals surface area contributed by atoms with Gasteiger partial charge in [-0.05, 0) is 6.07 Å². The third kappa shape index (κ3) is 2.12. The average Bonchev–Trinajstić information content (AvgIpc) is 2.45. The van der Waals surface area contributed by atoms with Gasteiger partial charge in [0.1, 0.15) is 5.69 Å². The van der Waals surface area contributed by atoms with Crippen LogP contribution in [0.2, 0.25) is 10.2 Å². The number of halogens is 3. The quantitative estimate of drug-likeness (QED) is 0.590. The lowest BCUT2D eigenvalue weighted by Crippen LogP contribution is -2.25. The van der Waals surface area contributed by atoms with Crippen LogP contribution in [0.5, 0.6) is 0 Å². The Morgan fingerprint density at radius 1 is 1.53 bits per heavy atom. The number of carbonyl (C=O) groups excluding carboxylic acids is 1. The highest BCUT2D eigenvalue weighted by Gasteiger charge is 2.31. The molecule has 0 N–H and O–H groups in total. The minimum absolute atomic E-state index is 0.00803. The number of hydrogen-bond donors (Lipinski definition) is 0. The molecule has 1 aliphatic heterocycles. The van der Waals surface area contributed by atoms with Gasteiger partial charge in [0.2, 0.25) is 5.91 Å². The van der Waals surface area contributed by atoms with E-state index in [1.807, 2.05) is 0 Å². The van der Waals surface area contributed by atoms with Crippen molar-refractivity contribution >= 4 is 50.7 Å². The van der Waals surface area contributed by atoms with E-state index in [9.17, 15) is 4.79 Å². The van der Waals surface area contributed by atoms with Crippen molar-refractivity contribution in [3.8, 4) is 0 Å². The highest BCUT2D eigenvalue weighted by atomic mass is 79.9. The number of alkyl halides is 1. The van der Waals surface area contributed by atoms with Gasteiger partial charge in [-0.1, -0.05) is 39.1 Å². The minimum Gasteiger partial charge on any atom is -0.307 e. The summed E-state index contributed by atoms with van der Waals surface area (Å²) in [6.07, 6.45) is 1.97. The van der Waals surface area contributed by atoms with E-state index >= 15 is 0 Å². The van der Waals surface area contributed by atoms with Crippen molar-refractivity contribution in [2.45, 2.75) is 11.2 Å². The SMILES string of the molecule is O=C1CC(Br)CN1c1c(Cl)ccnc1Cl. The van der Waals surface area contributed by atoms with Gasteiger partial charge in [0.05, 0.1) is 5.02 Å². The first-order valence-corrected chi connectivity index (χ1v) is 6.01. The Balaban J connectivity index is 2.41. The number of nitrogens with zero attached hydrogens (tertiary/aromatic N) is 2. The fourth-order valence-electron chi connectivity index (χ4n) is 1.53. The summed E-state index contributed by atoms with van der Waals surface area (Å²) in [5.41, 5.74) is 0.507. The Labute approximate surface area is 106 Å². The van der Waals surface area contributed by atoms with Gasteiger partial charge in [-0.3, -0.25) is 4.79 Å². The fraction of sp³-hybridized carbons (Fsp3) is 0.333. The molecule has 0 saturated carbocycles. The molecule has 2 rings (SSSR count). The molecule has 3 nitrogen and oxygen atoms in total. The zero-order chi connectivity index (χ0) is 11.0. The number of pyridine rings is 1. The average molecular weight is 310 g/mol. The predicted molar refractivity (Wildman–Crippen MR) is 63.9 cm³/mol. The Morgan fingerprint density at radius 2 is 2.27 bits per heavy atom. The molecule has 0 spiro atoms. The van der Waals surface area contributed by atoms with E-state index in [4.69, 9.17) is 23.2 Å². The second-order valence-electron chi connectivity index (χ2n) is 3.24. The summed E-state index contributed by atoms with van der Waals surface area (Å²) in [6, 6.07) is 1.62. The second-order valence-corrected chi connectivity index (χ2v) is 5.30. The summed E-state index contributed by atoms with van der Waals surface area (Å²) in [5.74, 6) is 0.00803. The Kier molecular flexibility index (Phi) is 3.19. The molecule has 15 heavy (non-hydrogen) atoms. The number of anilines is 1. The molecule has 1 aromatic heterocycles. The first-order chi connectivity index (χ1) is 7.09. The summed E-state index contributed by atoms with van der Waals surface area (Å²) < 4.78 is 0. The molecule has 1 fully saturated rings. The monoisotopic (exact) mass is 308 g/mol. The lowest BCUT2D eigenvalue weighted by atomic mass is 10.4. The van der Waals surface area contributed by atoms with Crippen LogP contribution in [0.3, 0.4) is 0 Å². The third-order valence-corrected chi connectivity index (χ3v) is 3.37. The molecular weight excluding hydrogens is 303 g/mol. The largest absolute Gasteiger partial charge is 0.307 e. The summed E-state index contributed by atoms with van der Waals surface area (Å²) >= 11 is 15.3. The van der Waals surface area contributed by atoms with Crippen LogP contribution in [0.15, 0.2) is 12.3 Å². The number of hydrogen-bond acceptors (Lipinski definition) is 2. The molecule has 1 aromatic rings. The minimum atomic E-state index is 0.00803. The topological polar surface area (TPSA) is 33.2 Å². The van der Waals surface area contributed by atoms with Crippen LogP contribution in [0, 0.1) is 0 Å². The van der Waals surface area contributed by atoms with Gasteiger partial charge in [-0.15, -0.1) is 0 Å². The van der Waals surface area contributed by atoms with E-state index in [1.165, 1.54) is 6.20 Å². The lowest BCUT2D eigenvalue weighted by molar-refractivity contribution is -0.117. The van der Waals surface area contributed by atoms with E-state index in [2.05, 4.69) is 20.9 Å². The predicted octanol–water partition coefficient (Wildman–Crippen LogP) is 2.89. The van der Waals surface area contributed by atoms with Gasteiger partial charge in [0.15, 0.2) is 5.15 Å². The molecule has 0 bridgehead atoms. The first-order valence-electron chi connectivity index (χ1n) is 4.34. The van der Waals surface area contributed by atoms with Crippen molar-refractivity contribution in [1.82, 2.24) is 4.98 Å². The molecule has 0 aromatic carbocycles. The molecule has 2 heterocycles. The Bertz CT molecular complexity index is 393. The molecule has 1 unspecified atom stereocenters. The van der Waals surface area contributed by atoms with Crippen LogP contribution in [-0.4, -0.2) is 22.3 Å². The van der Waals surface area contributed by atoms with E-state index in [-0.39, 0.29) is 15.9 Å². The normalized spacial score (nSPS) is 21.1. The van der Waals surface area contributed by atoms with Gasteiger partial charge >= 0.3 is 0 Å². The van der Waals surface area contributed by atoms with Crippen LogP contribution >= 0.6 is 39.1 Å². The Morgan fingerprint density at radius 3 is 2.80 bits per heavy atom. The molecule has 80 valence electrons. The van der Waals surface area contributed by atoms with Gasteiger partial charge in [-0.25, -0.2) is 4.98 Å². The molecule has 0 radical (unpaired) electrons. The first kappa shape index (κ1) is 11.2. The highest BCUT2D eigenvalue weighted by Crippen LogP contribution is 2.35. The lowest BCUT2D eigenvalue weighted by Gasteiger charge is -2.17. The van der Waals surface area contributed by atoms with Gasteiger partial charge in [-0.2, -0.15) is 0 Å². The maximum atomic E-state index is 11.6. The number of amides is 1. The maximum Gasteiger partial charge on any atom is 0.228 e. The van der Waals surface area contributed by atoms with Crippen molar-refractivity contribution in [3.63, 3.8) is 0 Å². The van der Waals surface area contributed by atoms with Gasteiger partial charge < -0.3 is 4.90 Å². The van der Waals surface area contributed by atoms with E-state index < -0.39 is 0 Å². The molecule has 6 heteroatoms. The summed E-state index contributed by atoms with van der Waals surface area (Å²) in [4.78, 5) is 17.3. The van der Waals surface area contributed by atoms with Crippen LogP contribution in [-0.2, 0) is 4.79 Å². The Hall–Kier alpha value is -0.320. The van der Waals surface area contributed by atoms with Crippen molar-refractivity contribution in [3.05, 3.63) is 22.4 Å². The van der Waals surface area contributed by atoms with E-state index in [0.29, 0.717) is 23.7 Å². The zero-order valence-electron chi connectivity index (χ0n) is 7.58. The van der Waals surface area contributed by atoms with Gasteiger partial charge in [0.25, 0.3) is 0 Å². The maximum absolute atomic E-state index is 11.6. The summed E-state index contributed by atoms with van der Waals surface area (Å²) in [5, 5.41) is 0.711. The van der Waals surface area contributed by atoms with E-state index in [1.54, 1.807) is 11.0 Å².